The number of benzene rings is 4. The molecular weight excluding hydrogens is 460 g/mol. The molecule has 8 rings (SSSR count). The Balaban J connectivity index is 1.60. The van der Waals surface area contributed by atoms with Crippen LogP contribution in [0.5, 0.6) is 0 Å². The maximum Gasteiger partial charge on any atom is 0.204 e. The van der Waals surface area contributed by atoms with Gasteiger partial charge >= 0.3 is 0 Å². The van der Waals surface area contributed by atoms with Crippen LogP contribution >= 0.6 is 0 Å². The number of rotatable bonds is 4. The lowest BCUT2D eigenvalue weighted by molar-refractivity contribution is -0.244. The first-order valence-corrected chi connectivity index (χ1v) is 12.8. The van der Waals surface area contributed by atoms with Crippen molar-refractivity contribution in [3.8, 4) is 0 Å². The first kappa shape index (κ1) is 21.5. The van der Waals surface area contributed by atoms with Crippen molar-refractivity contribution >= 4 is 5.78 Å². The van der Waals surface area contributed by atoms with Crippen molar-refractivity contribution in [3.05, 3.63) is 143 Å². The largest absolute Gasteiger partial charge is 0.368 e. The number of aliphatic hydroxyl groups is 1. The van der Waals surface area contributed by atoms with Gasteiger partial charge in [0.25, 0.3) is 0 Å². The average Bonchev–Trinajstić information content (AvgIpc) is 3.27. The minimum atomic E-state index is -1.75. The minimum Gasteiger partial charge on any atom is -0.368 e. The summed E-state index contributed by atoms with van der Waals surface area (Å²) in [4.78, 5) is 15.2. The van der Waals surface area contributed by atoms with Gasteiger partial charge in [-0.25, -0.2) is 0 Å². The van der Waals surface area contributed by atoms with Crippen molar-refractivity contribution in [1.29, 1.82) is 0 Å². The molecule has 4 heteroatoms. The number of carbonyl (C=O) groups is 1. The predicted octanol–water partition coefficient (Wildman–Crippen LogP) is 5.23. The van der Waals surface area contributed by atoms with E-state index in [-0.39, 0.29) is 5.78 Å². The molecule has 2 fully saturated rings. The number of Topliss-reactive ketones (excluding diaryl/α,β-unsaturated/α-hetero) is 1. The number of carbonyl (C=O) groups excluding carboxylic acids is 1. The van der Waals surface area contributed by atoms with Crippen molar-refractivity contribution in [1.82, 2.24) is 0 Å². The van der Waals surface area contributed by atoms with E-state index < -0.39 is 33.7 Å². The van der Waals surface area contributed by atoms with Crippen LogP contribution in [0.25, 0.3) is 0 Å². The molecule has 0 radical (unpaired) electrons. The van der Waals surface area contributed by atoms with E-state index in [1.54, 1.807) is 7.11 Å². The average molecular weight is 487 g/mol. The molecule has 4 nitrogen and oxygen atoms in total. The molecule has 0 bridgehead atoms. The van der Waals surface area contributed by atoms with Crippen molar-refractivity contribution in [2.45, 2.75) is 35.2 Å². The summed E-state index contributed by atoms with van der Waals surface area (Å²) < 4.78 is 13.3. The first-order valence-electron chi connectivity index (χ1n) is 12.8. The maximum atomic E-state index is 15.2. The Morgan fingerprint density at radius 3 is 1.89 bits per heavy atom. The highest BCUT2D eigenvalue weighted by atomic mass is 16.6. The number of hydrogen-bond donors (Lipinski definition) is 1. The quantitative estimate of drug-likeness (QED) is 0.402. The summed E-state index contributed by atoms with van der Waals surface area (Å²) in [5.41, 5.74) is 0.995. The van der Waals surface area contributed by atoms with E-state index in [1.807, 2.05) is 91.9 Å². The molecule has 2 spiro atoms. The van der Waals surface area contributed by atoms with E-state index in [9.17, 15) is 5.11 Å². The summed E-state index contributed by atoms with van der Waals surface area (Å²) in [6.07, 6.45) is -0.461. The van der Waals surface area contributed by atoms with Crippen LogP contribution in [0.15, 0.2) is 109 Å². The molecule has 182 valence electrons. The zero-order valence-corrected chi connectivity index (χ0v) is 20.6. The van der Waals surface area contributed by atoms with Gasteiger partial charge in [0.2, 0.25) is 5.79 Å². The summed E-state index contributed by atoms with van der Waals surface area (Å²) >= 11 is 0. The van der Waals surface area contributed by atoms with Gasteiger partial charge in [-0.05, 0) is 29.2 Å². The first-order chi connectivity index (χ1) is 18.0. The highest BCUT2D eigenvalue weighted by molar-refractivity contribution is 6.13. The number of hydrogen-bond acceptors (Lipinski definition) is 4. The zero-order valence-electron chi connectivity index (χ0n) is 20.6. The van der Waals surface area contributed by atoms with Gasteiger partial charge in [0, 0.05) is 18.2 Å². The molecule has 0 aromatic heterocycles. The van der Waals surface area contributed by atoms with E-state index in [1.165, 1.54) is 0 Å². The summed E-state index contributed by atoms with van der Waals surface area (Å²) in [7, 11) is 1.70. The predicted molar refractivity (Wildman–Crippen MR) is 138 cm³/mol. The summed E-state index contributed by atoms with van der Waals surface area (Å²) in [5, 5.41) is 12.9. The molecule has 1 saturated carbocycles. The molecule has 4 aliphatic rings. The number of fused-ring (bicyclic) bond motifs is 4. The second kappa shape index (κ2) is 6.46. The number of ketones is 1. The third-order valence-electron chi connectivity index (χ3n) is 9.97. The normalized spacial score (nSPS) is 37.4. The van der Waals surface area contributed by atoms with Crippen LogP contribution in [-0.2, 0) is 31.7 Å². The van der Waals surface area contributed by atoms with Gasteiger partial charge in [-0.15, -0.1) is 0 Å². The van der Waals surface area contributed by atoms with Gasteiger partial charge in [-0.3, -0.25) is 4.79 Å². The Kier molecular flexibility index (Phi) is 3.75. The fourth-order valence-corrected chi connectivity index (χ4v) is 9.35. The lowest BCUT2D eigenvalue weighted by atomic mass is 9.70. The third kappa shape index (κ3) is 1.74. The Morgan fingerprint density at radius 1 is 0.757 bits per heavy atom. The second-order valence-electron chi connectivity index (χ2n) is 10.7. The monoisotopic (exact) mass is 486 g/mol. The molecule has 1 heterocycles. The summed E-state index contributed by atoms with van der Waals surface area (Å²) in [6, 6.07) is 35.3. The fraction of sp³-hybridized carbons (Fsp3) is 0.242. The molecule has 4 aromatic rings. The Labute approximate surface area is 215 Å². The number of methoxy groups -OCH3 is 1. The minimum absolute atomic E-state index is 0.0214. The fourth-order valence-electron chi connectivity index (χ4n) is 9.35. The van der Waals surface area contributed by atoms with Crippen LogP contribution in [0.1, 0.15) is 45.1 Å². The smallest absolute Gasteiger partial charge is 0.204 e. The van der Waals surface area contributed by atoms with Crippen molar-refractivity contribution in [2.75, 3.05) is 7.11 Å². The molecule has 1 aliphatic heterocycles. The topological polar surface area (TPSA) is 55.8 Å². The van der Waals surface area contributed by atoms with Crippen molar-refractivity contribution in [3.63, 3.8) is 0 Å². The Morgan fingerprint density at radius 2 is 1.27 bits per heavy atom. The molecule has 0 unspecified atom stereocenters. The van der Waals surface area contributed by atoms with E-state index in [0.29, 0.717) is 11.1 Å². The Hall–Kier alpha value is -3.57. The third-order valence-corrected chi connectivity index (χ3v) is 9.97. The van der Waals surface area contributed by atoms with Crippen LogP contribution in [0.3, 0.4) is 0 Å². The van der Waals surface area contributed by atoms with E-state index in [0.717, 1.165) is 22.3 Å². The van der Waals surface area contributed by atoms with Crippen LogP contribution in [0, 0.1) is 5.41 Å². The maximum absolute atomic E-state index is 15.2. The standard InChI is InChI=1S/C33H26O4/c1-21-29-24-17-9-10-18-25(24)30(36-2)26-19-11-12-20-27(26)31(29,33(35,37-21)23-15-7-4-8-16-23)32(29,30)28(34)22-13-5-3-6-14-22/h3-21,35H,1-2H3/t21-,29+,30-,31+,32+,33-/m1/s1. The highest BCUT2D eigenvalue weighted by Gasteiger charge is 3.11. The molecule has 1 saturated heterocycles. The van der Waals surface area contributed by atoms with Gasteiger partial charge in [-0.2, -0.15) is 0 Å². The number of ether oxygens (including phenoxy) is 2. The van der Waals surface area contributed by atoms with Gasteiger partial charge in [0.15, 0.2) is 5.78 Å². The van der Waals surface area contributed by atoms with E-state index >= 15 is 4.79 Å². The molecular formula is C33H26O4. The van der Waals surface area contributed by atoms with Crippen molar-refractivity contribution in [2.24, 2.45) is 5.41 Å². The van der Waals surface area contributed by atoms with Gasteiger partial charge in [-0.1, -0.05) is 109 Å². The summed E-state index contributed by atoms with van der Waals surface area (Å²) in [6.45, 7) is 2.01. The lowest BCUT2D eigenvalue weighted by Crippen LogP contribution is -2.51. The summed E-state index contributed by atoms with van der Waals surface area (Å²) in [5.74, 6) is -1.77. The highest BCUT2D eigenvalue weighted by Crippen LogP contribution is 3.00. The molecule has 0 amide bonds. The van der Waals surface area contributed by atoms with Gasteiger partial charge in [0.05, 0.1) is 16.9 Å². The molecule has 4 aromatic carbocycles. The lowest BCUT2D eigenvalue weighted by Gasteiger charge is -2.41. The van der Waals surface area contributed by atoms with Crippen LogP contribution in [0.2, 0.25) is 0 Å². The molecule has 1 N–H and O–H groups in total. The van der Waals surface area contributed by atoms with Gasteiger partial charge < -0.3 is 14.6 Å². The van der Waals surface area contributed by atoms with Crippen LogP contribution in [-0.4, -0.2) is 24.1 Å². The Bertz CT molecular complexity index is 1620. The van der Waals surface area contributed by atoms with Gasteiger partial charge in [0.1, 0.15) is 11.0 Å². The molecule has 6 atom stereocenters. The second-order valence-corrected chi connectivity index (χ2v) is 10.7. The van der Waals surface area contributed by atoms with E-state index in [2.05, 4.69) is 24.3 Å². The molecule has 3 aliphatic carbocycles. The van der Waals surface area contributed by atoms with E-state index in [4.69, 9.17) is 9.47 Å². The van der Waals surface area contributed by atoms with Crippen LogP contribution < -0.4 is 0 Å². The molecule has 37 heavy (non-hydrogen) atoms. The van der Waals surface area contributed by atoms with Crippen LogP contribution in [0.4, 0.5) is 0 Å². The SMILES string of the molecule is CO[C@]12c3ccccc3[C@@]34[C@@H](C)O[C@](O)(c5ccccc5)[C@]3(c3ccccc31)[C@]24C(=O)c1ccccc1. The van der Waals surface area contributed by atoms with Crippen molar-refractivity contribution < 1.29 is 19.4 Å². The zero-order chi connectivity index (χ0) is 25.3.